The Hall–Kier alpha value is -2.35. The van der Waals surface area contributed by atoms with Crippen LogP contribution in [0.5, 0.6) is 0 Å². The number of nitrogens with zero attached hydrogens (tertiary/aromatic N) is 1. The highest BCUT2D eigenvalue weighted by Crippen LogP contribution is 2.21. The summed E-state index contributed by atoms with van der Waals surface area (Å²) in [7, 11) is 1.31. The molecule has 0 aliphatic carbocycles. The molecule has 6 nitrogen and oxygen atoms in total. The Balaban J connectivity index is 1.53. The van der Waals surface area contributed by atoms with Crippen LogP contribution < -0.4 is 15.5 Å². The van der Waals surface area contributed by atoms with Gasteiger partial charge in [0, 0.05) is 31.0 Å². The zero-order valence-corrected chi connectivity index (χ0v) is 17.1. The number of esters is 1. The number of nitrogens with one attached hydrogen (secondary N) is 2. The second-order valence-corrected chi connectivity index (χ2v) is 7.08. The summed E-state index contributed by atoms with van der Waals surface area (Å²) in [6.45, 7) is 3.96. The molecule has 0 unspecified atom stereocenters. The number of hydrogen-bond donors (Lipinski definition) is 2. The molecule has 0 radical (unpaired) electrons. The number of ether oxygens (including phenoxy) is 2. The normalized spacial score (nSPS) is 13.7. The maximum atomic E-state index is 11.7. The molecule has 28 heavy (non-hydrogen) atoms. The summed E-state index contributed by atoms with van der Waals surface area (Å²) in [4.78, 5) is 14.0. The Morgan fingerprint density at radius 1 is 1.21 bits per heavy atom. The van der Waals surface area contributed by atoms with Crippen molar-refractivity contribution in [2.45, 2.75) is 6.54 Å². The monoisotopic (exact) mass is 419 g/mol. The summed E-state index contributed by atoms with van der Waals surface area (Å²) in [6, 6.07) is 13.4. The van der Waals surface area contributed by atoms with E-state index in [1.54, 1.807) is 18.2 Å². The molecule has 1 fully saturated rings. The maximum absolute atomic E-state index is 11.7. The summed E-state index contributed by atoms with van der Waals surface area (Å²) in [5.74, 6) is -0.493. The van der Waals surface area contributed by atoms with Gasteiger partial charge in [-0.25, -0.2) is 4.79 Å². The minimum Gasteiger partial charge on any atom is -0.465 e. The van der Waals surface area contributed by atoms with E-state index in [-0.39, 0.29) is 5.56 Å². The molecule has 0 aromatic heterocycles. The van der Waals surface area contributed by atoms with Crippen molar-refractivity contribution >= 4 is 46.3 Å². The lowest BCUT2D eigenvalue weighted by atomic mass is 10.2. The third-order valence-electron chi connectivity index (χ3n) is 4.40. The first-order valence-corrected chi connectivity index (χ1v) is 9.70. The van der Waals surface area contributed by atoms with Crippen LogP contribution in [0.3, 0.4) is 0 Å². The van der Waals surface area contributed by atoms with Gasteiger partial charge in [0.2, 0.25) is 0 Å². The molecule has 2 aromatic rings. The molecule has 1 aliphatic rings. The lowest BCUT2D eigenvalue weighted by Crippen LogP contribution is -2.36. The molecule has 148 valence electrons. The van der Waals surface area contributed by atoms with E-state index in [4.69, 9.17) is 33.3 Å². The minimum absolute atomic E-state index is 0.288. The summed E-state index contributed by atoms with van der Waals surface area (Å²) in [5, 5.41) is 7.00. The third kappa shape index (κ3) is 5.34. The van der Waals surface area contributed by atoms with Crippen LogP contribution >= 0.6 is 23.8 Å². The zero-order chi connectivity index (χ0) is 19.9. The van der Waals surface area contributed by atoms with Crippen LogP contribution in [0.15, 0.2) is 42.5 Å². The fourth-order valence-electron chi connectivity index (χ4n) is 2.87. The summed E-state index contributed by atoms with van der Waals surface area (Å²) < 4.78 is 10.1. The van der Waals surface area contributed by atoms with Crippen molar-refractivity contribution in [3.63, 3.8) is 0 Å². The number of hydrogen-bond acceptors (Lipinski definition) is 5. The third-order valence-corrected chi connectivity index (χ3v) is 4.97. The van der Waals surface area contributed by atoms with Crippen molar-refractivity contribution < 1.29 is 14.3 Å². The molecule has 0 spiro atoms. The SMILES string of the molecule is COC(=O)c1cc(NC(=S)NCc2ccc(N3CCOCC3)cc2)ccc1Cl. The molecule has 1 heterocycles. The van der Waals surface area contributed by atoms with Gasteiger partial charge in [0.1, 0.15) is 0 Å². The van der Waals surface area contributed by atoms with Gasteiger partial charge in [-0.15, -0.1) is 0 Å². The van der Waals surface area contributed by atoms with E-state index in [1.165, 1.54) is 12.8 Å². The molecule has 8 heteroatoms. The Labute approximate surface area is 174 Å². The number of morpholine rings is 1. The molecule has 0 saturated carbocycles. The molecular formula is C20H22ClN3O3S. The van der Waals surface area contributed by atoms with Crippen molar-refractivity contribution in [1.82, 2.24) is 5.32 Å². The van der Waals surface area contributed by atoms with Crippen LogP contribution in [-0.4, -0.2) is 44.5 Å². The van der Waals surface area contributed by atoms with Crippen LogP contribution in [-0.2, 0) is 16.0 Å². The number of methoxy groups -OCH3 is 1. The predicted molar refractivity (Wildman–Crippen MR) is 115 cm³/mol. The van der Waals surface area contributed by atoms with Crippen molar-refractivity contribution in [2.75, 3.05) is 43.6 Å². The predicted octanol–water partition coefficient (Wildman–Crippen LogP) is 3.45. The first-order valence-electron chi connectivity index (χ1n) is 8.91. The van der Waals surface area contributed by atoms with E-state index < -0.39 is 5.97 Å². The Kier molecular flexibility index (Phi) is 7.08. The van der Waals surface area contributed by atoms with Gasteiger partial charge >= 0.3 is 5.97 Å². The number of rotatable bonds is 5. The lowest BCUT2D eigenvalue weighted by molar-refractivity contribution is 0.0601. The average molecular weight is 420 g/mol. The molecule has 0 bridgehead atoms. The molecule has 2 aromatic carbocycles. The number of thiocarbonyl (C=S) groups is 1. The van der Waals surface area contributed by atoms with Crippen molar-refractivity contribution in [1.29, 1.82) is 0 Å². The van der Waals surface area contributed by atoms with E-state index in [9.17, 15) is 4.79 Å². The van der Waals surface area contributed by atoms with Crippen LogP contribution in [0.1, 0.15) is 15.9 Å². The van der Waals surface area contributed by atoms with Gasteiger partial charge in [-0.2, -0.15) is 0 Å². The second-order valence-electron chi connectivity index (χ2n) is 6.26. The minimum atomic E-state index is -0.493. The quantitative estimate of drug-likeness (QED) is 0.568. The standard InChI is InChI=1S/C20H22ClN3O3S/c1-26-19(25)17-12-15(4-7-18(17)21)23-20(28)22-13-14-2-5-16(6-3-14)24-8-10-27-11-9-24/h2-7,12H,8-11,13H2,1H3,(H2,22,23,28). The van der Waals surface area contributed by atoms with Gasteiger partial charge in [0.25, 0.3) is 0 Å². The van der Waals surface area contributed by atoms with Crippen LogP contribution in [0.25, 0.3) is 0 Å². The number of carbonyl (C=O) groups is 1. The van der Waals surface area contributed by atoms with Gasteiger partial charge in [-0.1, -0.05) is 23.7 Å². The van der Waals surface area contributed by atoms with E-state index in [1.807, 2.05) is 0 Å². The van der Waals surface area contributed by atoms with E-state index >= 15 is 0 Å². The molecule has 2 N–H and O–H groups in total. The largest absolute Gasteiger partial charge is 0.465 e. The molecule has 0 amide bonds. The number of anilines is 2. The van der Waals surface area contributed by atoms with Crippen LogP contribution in [0, 0.1) is 0 Å². The van der Waals surface area contributed by atoms with Gasteiger partial charge in [-0.3, -0.25) is 0 Å². The van der Waals surface area contributed by atoms with Crippen LogP contribution in [0.4, 0.5) is 11.4 Å². The highest BCUT2D eigenvalue weighted by atomic mass is 35.5. The van der Waals surface area contributed by atoms with Crippen molar-refractivity contribution in [3.8, 4) is 0 Å². The molecule has 1 aliphatic heterocycles. The topological polar surface area (TPSA) is 62.8 Å². The van der Waals surface area contributed by atoms with Crippen molar-refractivity contribution in [3.05, 3.63) is 58.6 Å². The first-order chi connectivity index (χ1) is 13.6. The smallest absolute Gasteiger partial charge is 0.339 e. The Morgan fingerprint density at radius 3 is 2.61 bits per heavy atom. The second kappa shape index (κ2) is 9.73. The Morgan fingerprint density at radius 2 is 1.93 bits per heavy atom. The highest BCUT2D eigenvalue weighted by Gasteiger charge is 2.12. The average Bonchev–Trinajstić information content (AvgIpc) is 2.74. The lowest BCUT2D eigenvalue weighted by Gasteiger charge is -2.28. The highest BCUT2D eigenvalue weighted by molar-refractivity contribution is 7.80. The molecule has 0 atom stereocenters. The number of halogens is 1. The zero-order valence-electron chi connectivity index (χ0n) is 15.5. The molecule has 3 rings (SSSR count). The fraction of sp³-hybridized carbons (Fsp3) is 0.300. The van der Waals surface area contributed by atoms with Crippen LogP contribution in [0.2, 0.25) is 5.02 Å². The first kappa shape index (κ1) is 20.4. The molecular weight excluding hydrogens is 398 g/mol. The molecule has 1 saturated heterocycles. The summed E-state index contributed by atoms with van der Waals surface area (Å²) in [6.07, 6.45) is 0. The summed E-state index contributed by atoms with van der Waals surface area (Å²) in [5.41, 5.74) is 3.26. The van der Waals surface area contributed by atoms with Gasteiger partial charge in [0.05, 0.1) is 30.9 Å². The van der Waals surface area contributed by atoms with E-state index in [0.717, 1.165) is 31.9 Å². The fourth-order valence-corrected chi connectivity index (χ4v) is 3.26. The van der Waals surface area contributed by atoms with E-state index in [2.05, 4.69) is 39.8 Å². The van der Waals surface area contributed by atoms with Gasteiger partial charge in [0.15, 0.2) is 5.11 Å². The number of carbonyl (C=O) groups excluding carboxylic acids is 1. The summed E-state index contributed by atoms with van der Waals surface area (Å²) >= 11 is 11.4. The van der Waals surface area contributed by atoms with E-state index in [0.29, 0.717) is 22.4 Å². The Bertz CT molecular complexity index is 839. The van der Waals surface area contributed by atoms with Gasteiger partial charge in [-0.05, 0) is 48.1 Å². The van der Waals surface area contributed by atoms with Crippen molar-refractivity contribution in [2.24, 2.45) is 0 Å². The van der Waals surface area contributed by atoms with Gasteiger partial charge < -0.3 is 25.0 Å². The maximum Gasteiger partial charge on any atom is 0.339 e. The number of benzene rings is 2.